The average molecular weight is 357 g/mol. The summed E-state index contributed by atoms with van der Waals surface area (Å²) in [6.07, 6.45) is -0.113. The number of fused-ring (bicyclic) bond motifs is 1. The summed E-state index contributed by atoms with van der Waals surface area (Å²) in [6.45, 7) is 7.23. The second-order valence-electron chi connectivity index (χ2n) is 7.29. The Hall–Kier alpha value is -2.40. The summed E-state index contributed by atoms with van der Waals surface area (Å²) >= 11 is 0. The van der Waals surface area contributed by atoms with E-state index in [2.05, 4.69) is 5.32 Å². The molecule has 26 heavy (non-hydrogen) atoms. The molecule has 0 radical (unpaired) electrons. The SMILES string of the molecule is CCc1ccc2c(c1)C(NC(=O)c1ccc(C)c(F)c1)C(O)C(C)(C)O2. The molecule has 2 unspecified atom stereocenters. The number of hydrogen-bond donors (Lipinski definition) is 2. The Bertz CT molecular complexity index is 847. The number of carbonyl (C=O) groups is 1. The van der Waals surface area contributed by atoms with Gasteiger partial charge < -0.3 is 15.2 Å². The minimum atomic E-state index is -0.943. The second-order valence-corrected chi connectivity index (χ2v) is 7.29. The first-order chi connectivity index (χ1) is 12.2. The van der Waals surface area contributed by atoms with Gasteiger partial charge in [-0.1, -0.05) is 19.1 Å². The van der Waals surface area contributed by atoms with Crippen molar-refractivity contribution in [3.05, 3.63) is 64.5 Å². The third kappa shape index (κ3) is 3.31. The van der Waals surface area contributed by atoms with Crippen molar-refractivity contribution in [2.75, 3.05) is 0 Å². The van der Waals surface area contributed by atoms with Gasteiger partial charge in [0.25, 0.3) is 5.91 Å². The predicted octanol–water partition coefficient (Wildman–Crippen LogP) is 3.70. The Morgan fingerprint density at radius 1 is 1.27 bits per heavy atom. The Labute approximate surface area is 153 Å². The highest BCUT2D eigenvalue weighted by Gasteiger charge is 2.43. The maximum absolute atomic E-state index is 13.8. The lowest BCUT2D eigenvalue weighted by Crippen LogP contribution is -2.53. The molecule has 1 heterocycles. The smallest absolute Gasteiger partial charge is 0.251 e. The molecular weight excluding hydrogens is 333 g/mol. The van der Waals surface area contributed by atoms with Gasteiger partial charge in [0.2, 0.25) is 0 Å². The van der Waals surface area contributed by atoms with Crippen LogP contribution in [0.25, 0.3) is 0 Å². The third-order valence-corrected chi connectivity index (χ3v) is 4.94. The zero-order valence-corrected chi connectivity index (χ0v) is 15.5. The molecule has 4 nitrogen and oxygen atoms in total. The monoisotopic (exact) mass is 357 g/mol. The fraction of sp³-hybridized carbons (Fsp3) is 0.381. The van der Waals surface area contributed by atoms with Crippen LogP contribution in [0, 0.1) is 12.7 Å². The van der Waals surface area contributed by atoms with Crippen LogP contribution < -0.4 is 10.1 Å². The summed E-state index contributed by atoms with van der Waals surface area (Å²) in [5.41, 5.74) is 1.65. The van der Waals surface area contributed by atoms with Crippen molar-refractivity contribution in [3.8, 4) is 5.75 Å². The highest BCUT2D eigenvalue weighted by Crippen LogP contribution is 2.40. The van der Waals surface area contributed by atoms with Crippen LogP contribution in [0.15, 0.2) is 36.4 Å². The number of carbonyl (C=O) groups excluding carboxylic acids is 1. The van der Waals surface area contributed by atoms with Gasteiger partial charge in [-0.15, -0.1) is 0 Å². The van der Waals surface area contributed by atoms with Gasteiger partial charge in [0.05, 0.1) is 6.04 Å². The number of aliphatic hydroxyl groups excluding tert-OH is 1. The van der Waals surface area contributed by atoms with Crippen molar-refractivity contribution >= 4 is 5.91 Å². The van der Waals surface area contributed by atoms with E-state index in [1.807, 2.05) is 25.1 Å². The van der Waals surface area contributed by atoms with Gasteiger partial charge in [-0.05, 0) is 62.6 Å². The molecule has 2 N–H and O–H groups in total. The topological polar surface area (TPSA) is 58.6 Å². The van der Waals surface area contributed by atoms with Crippen LogP contribution in [0.1, 0.15) is 53.9 Å². The molecule has 0 saturated carbocycles. The quantitative estimate of drug-likeness (QED) is 0.881. The first-order valence-electron chi connectivity index (χ1n) is 8.80. The summed E-state index contributed by atoms with van der Waals surface area (Å²) in [5, 5.41) is 13.6. The summed E-state index contributed by atoms with van der Waals surface area (Å²) in [7, 11) is 0. The fourth-order valence-electron chi connectivity index (χ4n) is 3.18. The van der Waals surface area contributed by atoms with Crippen LogP contribution in [0.3, 0.4) is 0 Å². The van der Waals surface area contributed by atoms with E-state index in [4.69, 9.17) is 4.74 Å². The highest BCUT2D eigenvalue weighted by atomic mass is 19.1. The van der Waals surface area contributed by atoms with Crippen molar-refractivity contribution in [1.82, 2.24) is 5.32 Å². The maximum atomic E-state index is 13.8. The van der Waals surface area contributed by atoms with Crippen LogP contribution in [-0.4, -0.2) is 22.7 Å². The zero-order valence-electron chi connectivity index (χ0n) is 15.5. The molecule has 0 bridgehead atoms. The normalized spacial score (nSPS) is 20.8. The molecule has 0 fully saturated rings. The number of hydrogen-bond acceptors (Lipinski definition) is 3. The van der Waals surface area contributed by atoms with Crippen LogP contribution in [-0.2, 0) is 6.42 Å². The van der Waals surface area contributed by atoms with Gasteiger partial charge in [-0.25, -0.2) is 4.39 Å². The second kappa shape index (κ2) is 6.72. The number of amides is 1. The van der Waals surface area contributed by atoms with E-state index in [1.165, 1.54) is 6.07 Å². The van der Waals surface area contributed by atoms with E-state index in [0.717, 1.165) is 17.5 Å². The summed E-state index contributed by atoms with van der Waals surface area (Å²) in [6, 6.07) is 9.50. The lowest BCUT2D eigenvalue weighted by Gasteiger charge is -2.42. The standard InChI is InChI=1S/C21H24FNO3/c1-5-13-7-9-17-15(10-13)18(19(24)21(3,4)26-17)23-20(25)14-8-6-12(2)16(22)11-14/h6-11,18-19,24H,5H2,1-4H3,(H,23,25). The van der Waals surface area contributed by atoms with Crippen molar-refractivity contribution in [2.24, 2.45) is 0 Å². The lowest BCUT2D eigenvalue weighted by molar-refractivity contribution is -0.0628. The molecule has 1 aliphatic rings. The Kier molecular flexibility index (Phi) is 4.76. The molecule has 1 aliphatic heterocycles. The highest BCUT2D eigenvalue weighted by molar-refractivity contribution is 5.94. The number of ether oxygens (including phenoxy) is 1. The lowest BCUT2D eigenvalue weighted by atomic mass is 9.85. The van der Waals surface area contributed by atoms with Crippen molar-refractivity contribution < 1.29 is 19.0 Å². The number of rotatable bonds is 3. The number of aryl methyl sites for hydroxylation is 2. The molecule has 2 aromatic carbocycles. The van der Waals surface area contributed by atoms with Gasteiger partial charge in [0.15, 0.2) is 0 Å². The van der Waals surface area contributed by atoms with Gasteiger partial charge in [-0.3, -0.25) is 4.79 Å². The van der Waals surface area contributed by atoms with Crippen LogP contribution in [0.5, 0.6) is 5.75 Å². The van der Waals surface area contributed by atoms with E-state index >= 15 is 0 Å². The van der Waals surface area contributed by atoms with Crippen LogP contribution in [0.4, 0.5) is 4.39 Å². The van der Waals surface area contributed by atoms with Crippen LogP contribution >= 0.6 is 0 Å². The summed E-state index contributed by atoms with van der Waals surface area (Å²) in [5.74, 6) is -0.226. The summed E-state index contributed by atoms with van der Waals surface area (Å²) < 4.78 is 19.7. The number of nitrogens with one attached hydrogen (secondary N) is 1. The van der Waals surface area contributed by atoms with Crippen molar-refractivity contribution in [3.63, 3.8) is 0 Å². The first kappa shape index (κ1) is 18.4. The van der Waals surface area contributed by atoms with Crippen molar-refractivity contribution in [2.45, 2.75) is 51.9 Å². The molecule has 5 heteroatoms. The van der Waals surface area contributed by atoms with Gasteiger partial charge >= 0.3 is 0 Å². The molecule has 1 amide bonds. The third-order valence-electron chi connectivity index (χ3n) is 4.94. The molecule has 0 aromatic heterocycles. The number of benzene rings is 2. The Morgan fingerprint density at radius 3 is 2.65 bits per heavy atom. The number of halogens is 1. The minimum Gasteiger partial charge on any atom is -0.485 e. The molecule has 3 rings (SSSR count). The molecule has 2 aromatic rings. The Balaban J connectivity index is 1.97. The first-order valence-corrected chi connectivity index (χ1v) is 8.80. The largest absolute Gasteiger partial charge is 0.485 e. The van der Waals surface area contributed by atoms with Gasteiger partial charge in [0.1, 0.15) is 23.3 Å². The van der Waals surface area contributed by atoms with E-state index in [-0.39, 0.29) is 5.56 Å². The van der Waals surface area contributed by atoms with Gasteiger partial charge in [0, 0.05) is 11.1 Å². The maximum Gasteiger partial charge on any atom is 0.251 e. The fourth-order valence-corrected chi connectivity index (χ4v) is 3.18. The molecule has 2 atom stereocenters. The van der Waals surface area contributed by atoms with Gasteiger partial charge in [-0.2, -0.15) is 0 Å². The van der Waals surface area contributed by atoms with Crippen molar-refractivity contribution in [1.29, 1.82) is 0 Å². The van der Waals surface area contributed by atoms with E-state index in [9.17, 15) is 14.3 Å². The predicted molar refractivity (Wildman–Crippen MR) is 97.9 cm³/mol. The van der Waals surface area contributed by atoms with E-state index in [1.54, 1.807) is 32.9 Å². The molecular formula is C21H24FNO3. The summed E-state index contributed by atoms with van der Waals surface area (Å²) in [4.78, 5) is 12.7. The molecule has 0 saturated heterocycles. The molecule has 0 spiro atoms. The van der Waals surface area contributed by atoms with E-state index < -0.39 is 29.5 Å². The zero-order chi connectivity index (χ0) is 19.1. The van der Waals surface area contributed by atoms with Crippen LogP contribution in [0.2, 0.25) is 0 Å². The Morgan fingerprint density at radius 2 is 2.00 bits per heavy atom. The van der Waals surface area contributed by atoms with E-state index in [0.29, 0.717) is 11.3 Å². The molecule has 0 aliphatic carbocycles. The average Bonchev–Trinajstić information content (AvgIpc) is 2.60. The number of aliphatic hydroxyl groups is 1. The molecule has 138 valence electrons. The minimum absolute atomic E-state index is 0.220.